The van der Waals surface area contributed by atoms with Gasteiger partial charge in [-0.05, 0) is 36.4 Å². The average Bonchev–Trinajstić information content (AvgIpc) is 2.28. The zero-order valence-corrected chi connectivity index (χ0v) is 9.27. The van der Waals surface area contributed by atoms with E-state index in [1.165, 1.54) is 4.68 Å². The van der Waals surface area contributed by atoms with E-state index in [0.717, 1.165) is 0 Å². The summed E-state index contributed by atoms with van der Waals surface area (Å²) < 4.78 is 38.4. The molecule has 0 aromatic carbocycles. The Morgan fingerprint density at radius 2 is 2.00 bits per heavy atom. The highest BCUT2D eigenvalue weighted by Crippen LogP contribution is 2.32. The second-order valence-electron chi connectivity index (χ2n) is 2.56. The van der Waals surface area contributed by atoms with Gasteiger partial charge >= 0.3 is 6.18 Å². The molecule has 0 aliphatic heterocycles. The molecule has 0 N–H and O–H groups in total. The molecule has 0 atom stereocenters. The molecule has 0 aliphatic carbocycles. The third kappa shape index (κ3) is 1.97. The lowest BCUT2D eigenvalue weighted by atomic mass is 10.4. The van der Waals surface area contributed by atoms with E-state index in [1.807, 2.05) is 0 Å². The van der Waals surface area contributed by atoms with Crippen LogP contribution in [0.25, 0.3) is 0 Å². The van der Waals surface area contributed by atoms with Gasteiger partial charge in [-0.2, -0.15) is 18.3 Å². The molecule has 0 spiro atoms. The van der Waals surface area contributed by atoms with Crippen LogP contribution in [0.3, 0.4) is 0 Å². The van der Waals surface area contributed by atoms with Crippen LogP contribution < -0.4 is 0 Å². The number of rotatable bonds is 1. The number of nitrogens with zero attached hydrogens (tertiary/aromatic N) is 2. The topological polar surface area (TPSA) is 17.8 Å². The van der Waals surface area contributed by atoms with Gasteiger partial charge < -0.3 is 0 Å². The molecule has 13 heavy (non-hydrogen) atoms. The van der Waals surface area contributed by atoms with E-state index in [0.29, 0.717) is 12.2 Å². The Balaban J connectivity index is 3.25. The molecule has 0 saturated heterocycles. The van der Waals surface area contributed by atoms with Gasteiger partial charge in [0.1, 0.15) is 0 Å². The van der Waals surface area contributed by atoms with Crippen molar-refractivity contribution < 1.29 is 13.2 Å². The fraction of sp³-hybridized carbons (Fsp3) is 0.571. The van der Waals surface area contributed by atoms with Gasteiger partial charge in [0.25, 0.3) is 0 Å². The summed E-state index contributed by atoms with van der Waals surface area (Å²) >= 11 is 1.67. The van der Waals surface area contributed by atoms with E-state index in [2.05, 4.69) is 5.10 Å². The van der Waals surface area contributed by atoms with Crippen LogP contribution >= 0.6 is 22.6 Å². The summed E-state index contributed by atoms with van der Waals surface area (Å²) in [5.74, 6) is 0. The first-order chi connectivity index (χ1) is 5.88. The Morgan fingerprint density at radius 1 is 1.46 bits per heavy atom. The van der Waals surface area contributed by atoms with E-state index in [1.54, 1.807) is 36.4 Å². The van der Waals surface area contributed by atoms with E-state index >= 15 is 0 Å². The monoisotopic (exact) mass is 304 g/mol. The highest BCUT2D eigenvalue weighted by atomic mass is 127. The quantitative estimate of drug-likeness (QED) is 0.730. The molecular weight excluding hydrogens is 296 g/mol. The number of aryl methyl sites for hydroxylation is 1. The van der Waals surface area contributed by atoms with Crippen LogP contribution in [0, 0.1) is 10.5 Å². The van der Waals surface area contributed by atoms with Crippen molar-refractivity contribution in [3.63, 3.8) is 0 Å². The van der Waals surface area contributed by atoms with E-state index in [9.17, 15) is 13.2 Å². The molecule has 0 unspecified atom stereocenters. The number of hydrogen-bond acceptors (Lipinski definition) is 1. The number of alkyl halides is 3. The summed E-state index contributed by atoms with van der Waals surface area (Å²) in [6.07, 6.45) is -4.35. The van der Waals surface area contributed by atoms with Crippen LogP contribution in [0.4, 0.5) is 13.2 Å². The average molecular weight is 304 g/mol. The zero-order valence-electron chi connectivity index (χ0n) is 7.11. The second kappa shape index (κ2) is 3.47. The lowest BCUT2D eigenvalue weighted by molar-refractivity contribution is -0.142. The maximum atomic E-state index is 12.3. The molecule has 0 fully saturated rings. The molecule has 0 bridgehead atoms. The van der Waals surface area contributed by atoms with Crippen LogP contribution in [0.15, 0.2) is 0 Å². The fourth-order valence-electron chi connectivity index (χ4n) is 1.01. The molecule has 6 heteroatoms. The number of aromatic nitrogens is 2. The molecule has 0 aliphatic rings. The summed E-state index contributed by atoms with van der Waals surface area (Å²) in [5.41, 5.74) is -0.220. The van der Waals surface area contributed by atoms with Gasteiger partial charge in [-0.25, -0.2) is 0 Å². The second-order valence-corrected chi connectivity index (χ2v) is 3.64. The minimum atomic E-state index is -4.35. The highest BCUT2D eigenvalue weighted by Gasteiger charge is 2.37. The van der Waals surface area contributed by atoms with Gasteiger partial charge in [-0.3, -0.25) is 4.68 Å². The van der Waals surface area contributed by atoms with Crippen molar-refractivity contribution in [2.75, 3.05) is 0 Å². The van der Waals surface area contributed by atoms with Crippen molar-refractivity contribution in [1.82, 2.24) is 9.78 Å². The first kappa shape index (κ1) is 10.8. The van der Waals surface area contributed by atoms with Gasteiger partial charge in [0, 0.05) is 12.2 Å². The predicted octanol–water partition coefficient (Wildman–Crippen LogP) is 2.83. The van der Waals surface area contributed by atoms with Crippen LogP contribution in [0.1, 0.15) is 18.3 Å². The molecule has 0 saturated carbocycles. The Hall–Kier alpha value is -0.270. The minimum absolute atomic E-state index is 0.187. The zero-order chi connectivity index (χ0) is 10.2. The molecule has 1 rings (SSSR count). The van der Waals surface area contributed by atoms with E-state index < -0.39 is 11.9 Å². The first-order valence-electron chi connectivity index (χ1n) is 3.68. The SMILES string of the molecule is CCn1nc(C(F)(F)F)c(I)c1C. The molecular formula is C7H8F3IN2. The van der Waals surface area contributed by atoms with Gasteiger partial charge in [-0.15, -0.1) is 0 Å². The smallest absolute Gasteiger partial charge is 0.268 e. The summed E-state index contributed by atoms with van der Waals surface area (Å²) in [5, 5.41) is 3.48. The summed E-state index contributed by atoms with van der Waals surface area (Å²) in [7, 11) is 0. The molecule has 0 radical (unpaired) electrons. The molecule has 74 valence electrons. The third-order valence-electron chi connectivity index (χ3n) is 1.70. The van der Waals surface area contributed by atoms with Crippen molar-refractivity contribution >= 4 is 22.6 Å². The van der Waals surface area contributed by atoms with Crippen LogP contribution in [0.2, 0.25) is 0 Å². The van der Waals surface area contributed by atoms with Crippen molar-refractivity contribution in [3.05, 3.63) is 15.0 Å². The Bertz CT molecular complexity index is 316. The summed E-state index contributed by atoms with van der Waals surface area (Å²) in [6, 6.07) is 0. The van der Waals surface area contributed by atoms with E-state index in [-0.39, 0.29) is 3.57 Å². The molecule has 1 aromatic rings. The third-order valence-corrected chi connectivity index (χ3v) is 2.99. The fourth-order valence-corrected chi connectivity index (χ4v) is 1.71. The lowest BCUT2D eigenvalue weighted by Crippen LogP contribution is -2.08. The Morgan fingerprint density at radius 3 is 2.23 bits per heavy atom. The van der Waals surface area contributed by atoms with Crippen molar-refractivity contribution in [1.29, 1.82) is 0 Å². The lowest BCUT2D eigenvalue weighted by Gasteiger charge is -2.01. The first-order valence-corrected chi connectivity index (χ1v) is 4.76. The summed E-state index contributed by atoms with van der Waals surface area (Å²) in [4.78, 5) is 0. The molecule has 0 amide bonds. The number of halogens is 4. The van der Waals surface area contributed by atoms with Crippen LogP contribution in [-0.2, 0) is 12.7 Å². The maximum Gasteiger partial charge on any atom is 0.436 e. The van der Waals surface area contributed by atoms with Gasteiger partial charge in [-0.1, -0.05) is 0 Å². The minimum Gasteiger partial charge on any atom is -0.268 e. The van der Waals surface area contributed by atoms with E-state index in [4.69, 9.17) is 0 Å². The van der Waals surface area contributed by atoms with Crippen LogP contribution in [0.5, 0.6) is 0 Å². The molecule has 1 heterocycles. The maximum absolute atomic E-state index is 12.3. The predicted molar refractivity (Wildman–Crippen MR) is 50.4 cm³/mol. The van der Waals surface area contributed by atoms with Gasteiger partial charge in [0.15, 0.2) is 5.69 Å². The standard InChI is InChI=1S/C7H8F3IN2/c1-3-13-4(2)5(11)6(12-13)7(8,9)10/h3H2,1-2H3. The highest BCUT2D eigenvalue weighted by molar-refractivity contribution is 14.1. The van der Waals surface area contributed by atoms with Gasteiger partial charge in [0.2, 0.25) is 0 Å². The molecule has 1 aromatic heterocycles. The van der Waals surface area contributed by atoms with Gasteiger partial charge in [0.05, 0.1) is 3.57 Å². The van der Waals surface area contributed by atoms with Crippen LogP contribution in [-0.4, -0.2) is 9.78 Å². The molecule has 2 nitrogen and oxygen atoms in total. The van der Waals surface area contributed by atoms with Crippen molar-refractivity contribution in [2.45, 2.75) is 26.6 Å². The number of hydrogen-bond donors (Lipinski definition) is 0. The van der Waals surface area contributed by atoms with Crippen molar-refractivity contribution in [3.8, 4) is 0 Å². The normalized spacial score (nSPS) is 12.2. The Kier molecular flexibility index (Phi) is 2.88. The van der Waals surface area contributed by atoms with Crippen molar-refractivity contribution in [2.24, 2.45) is 0 Å². The largest absolute Gasteiger partial charge is 0.436 e. The summed E-state index contributed by atoms with van der Waals surface area (Å²) in [6.45, 7) is 3.85. The Labute approximate surface area is 87.3 Å².